The summed E-state index contributed by atoms with van der Waals surface area (Å²) in [6, 6.07) is 9.73. The van der Waals surface area contributed by atoms with E-state index in [4.69, 9.17) is 5.11 Å². The molecule has 0 aliphatic heterocycles. The molecular weight excluding hydrogens is 324 g/mol. The normalized spacial score (nSPS) is 16.0. The van der Waals surface area contributed by atoms with Crippen LogP contribution in [0.15, 0.2) is 30.3 Å². The average molecular weight is 344 g/mol. The quantitative estimate of drug-likeness (QED) is 0.868. The van der Waals surface area contributed by atoms with Gasteiger partial charge < -0.3 is 10.4 Å². The zero-order chi connectivity index (χ0) is 17.2. The maximum atomic E-state index is 12.7. The Labute approximate surface area is 144 Å². The first-order chi connectivity index (χ1) is 11.5. The number of carboxylic acids is 1. The number of aryl methyl sites for hydroxylation is 1. The van der Waals surface area contributed by atoms with Crippen LogP contribution in [0, 0.1) is 6.92 Å². The maximum absolute atomic E-state index is 12.7. The first-order valence-corrected chi connectivity index (χ1v) is 8.88. The van der Waals surface area contributed by atoms with Crippen molar-refractivity contribution < 1.29 is 14.7 Å². The molecule has 0 saturated heterocycles. The lowest BCUT2D eigenvalue weighted by atomic mass is 9.93. The summed E-state index contributed by atoms with van der Waals surface area (Å²) in [5.41, 5.74) is 1.04. The van der Waals surface area contributed by atoms with E-state index in [2.05, 4.69) is 10.3 Å². The average Bonchev–Trinajstić information content (AvgIpc) is 3.14. The van der Waals surface area contributed by atoms with E-state index in [1.54, 1.807) is 0 Å². The van der Waals surface area contributed by atoms with Crippen molar-refractivity contribution in [3.8, 4) is 10.6 Å². The molecule has 1 saturated carbocycles. The van der Waals surface area contributed by atoms with E-state index in [1.165, 1.54) is 11.3 Å². The van der Waals surface area contributed by atoms with Gasteiger partial charge in [0.1, 0.15) is 9.88 Å². The third-order valence-corrected chi connectivity index (χ3v) is 5.66. The smallest absolute Gasteiger partial charge is 0.305 e. The van der Waals surface area contributed by atoms with Crippen molar-refractivity contribution in [3.63, 3.8) is 0 Å². The molecule has 0 atom stereocenters. The van der Waals surface area contributed by atoms with Crippen LogP contribution in [0.3, 0.4) is 0 Å². The topological polar surface area (TPSA) is 79.3 Å². The molecule has 1 heterocycles. The Kier molecular flexibility index (Phi) is 4.66. The molecule has 24 heavy (non-hydrogen) atoms. The molecule has 1 amide bonds. The number of benzene rings is 1. The van der Waals surface area contributed by atoms with Crippen LogP contribution in [0.5, 0.6) is 0 Å². The number of amides is 1. The van der Waals surface area contributed by atoms with E-state index in [-0.39, 0.29) is 12.3 Å². The summed E-state index contributed by atoms with van der Waals surface area (Å²) in [7, 11) is 0. The van der Waals surface area contributed by atoms with Crippen LogP contribution in [0.2, 0.25) is 0 Å². The molecule has 0 radical (unpaired) electrons. The van der Waals surface area contributed by atoms with Gasteiger partial charge in [0.15, 0.2) is 0 Å². The molecule has 0 unspecified atom stereocenters. The molecule has 1 aliphatic rings. The standard InChI is InChI=1S/C18H20N2O3S/c1-12-15(24-17(19-12)13-7-3-2-4-8-13)16(23)20-18(11-14(21)22)9-5-6-10-18/h2-4,7-8H,5-6,9-11H2,1H3,(H,20,23)(H,21,22). The second-order valence-corrected chi connectivity index (χ2v) is 7.31. The van der Waals surface area contributed by atoms with Crippen LogP contribution >= 0.6 is 11.3 Å². The Bertz CT molecular complexity index is 749. The minimum Gasteiger partial charge on any atom is -0.481 e. The van der Waals surface area contributed by atoms with Gasteiger partial charge in [0.05, 0.1) is 17.7 Å². The number of carbonyl (C=O) groups excluding carboxylic acids is 1. The molecule has 2 N–H and O–H groups in total. The first-order valence-electron chi connectivity index (χ1n) is 8.06. The molecule has 6 heteroatoms. The Balaban J connectivity index is 1.82. The molecule has 0 bridgehead atoms. The number of nitrogens with one attached hydrogen (secondary N) is 1. The van der Waals surface area contributed by atoms with Crippen LogP contribution in [-0.4, -0.2) is 27.5 Å². The van der Waals surface area contributed by atoms with E-state index >= 15 is 0 Å². The van der Waals surface area contributed by atoms with Crippen molar-refractivity contribution in [2.45, 2.75) is 44.6 Å². The number of aliphatic carboxylic acids is 1. The van der Waals surface area contributed by atoms with E-state index in [0.29, 0.717) is 23.4 Å². The number of hydrogen-bond acceptors (Lipinski definition) is 4. The van der Waals surface area contributed by atoms with Crippen LogP contribution in [-0.2, 0) is 4.79 Å². The summed E-state index contributed by atoms with van der Waals surface area (Å²) in [5.74, 6) is -1.08. The minimum absolute atomic E-state index is 0.0257. The van der Waals surface area contributed by atoms with E-state index < -0.39 is 11.5 Å². The lowest BCUT2D eigenvalue weighted by molar-refractivity contribution is -0.138. The monoisotopic (exact) mass is 344 g/mol. The number of thiazole rings is 1. The van der Waals surface area contributed by atoms with Crippen LogP contribution in [0.4, 0.5) is 0 Å². The molecule has 5 nitrogen and oxygen atoms in total. The number of hydrogen-bond donors (Lipinski definition) is 2. The lowest BCUT2D eigenvalue weighted by Gasteiger charge is -2.28. The fraction of sp³-hybridized carbons (Fsp3) is 0.389. The van der Waals surface area contributed by atoms with Gasteiger partial charge in [0, 0.05) is 5.56 Å². The van der Waals surface area contributed by atoms with Crippen molar-refractivity contribution >= 4 is 23.2 Å². The van der Waals surface area contributed by atoms with Crippen LogP contribution < -0.4 is 5.32 Å². The highest BCUT2D eigenvalue weighted by molar-refractivity contribution is 7.17. The van der Waals surface area contributed by atoms with E-state index in [9.17, 15) is 9.59 Å². The number of carboxylic acid groups (broad SMARTS) is 1. The van der Waals surface area contributed by atoms with Gasteiger partial charge in [-0.05, 0) is 19.8 Å². The highest BCUT2D eigenvalue weighted by Gasteiger charge is 2.38. The van der Waals surface area contributed by atoms with Gasteiger partial charge in [-0.25, -0.2) is 4.98 Å². The minimum atomic E-state index is -0.872. The van der Waals surface area contributed by atoms with Crippen molar-refractivity contribution in [3.05, 3.63) is 40.9 Å². The molecule has 1 aromatic carbocycles. The van der Waals surface area contributed by atoms with Gasteiger partial charge in [-0.2, -0.15) is 0 Å². The summed E-state index contributed by atoms with van der Waals surface area (Å²) in [6.45, 7) is 1.82. The highest BCUT2D eigenvalue weighted by Crippen LogP contribution is 2.34. The van der Waals surface area contributed by atoms with Crippen molar-refractivity contribution in [1.29, 1.82) is 0 Å². The van der Waals surface area contributed by atoms with E-state index in [0.717, 1.165) is 23.4 Å². The number of rotatable bonds is 5. The van der Waals surface area contributed by atoms with Crippen molar-refractivity contribution in [1.82, 2.24) is 10.3 Å². The fourth-order valence-corrected chi connectivity index (χ4v) is 4.26. The molecule has 2 aromatic rings. The van der Waals surface area contributed by atoms with Crippen LogP contribution in [0.25, 0.3) is 10.6 Å². The largest absolute Gasteiger partial charge is 0.481 e. The van der Waals surface area contributed by atoms with Crippen molar-refractivity contribution in [2.75, 3.05) is 0 Å². The number of aromatic nitrogens is 1. The molecule has 1 aliphatic carbocycles. The van der Waals surface area contributed by atoms with Gasteiger partial charge in [-0.3, -0.25) is 9.59 Å². The summed E-state index contributed by atoms with van der Waals surface area (Å²) in [6.07, 6.45) is 3.31. The van der Waals surface area contributed by atoms with Gasteiger partial charge >= 0.3 is 5.97 Å². The Morgan fingerprint density at radius 2 is 1.92 bits per heavy atom. The van der Waals surface area contributed by atoms with Crippen LogP contribution in [0.1, 0.15) is 47.5 Å². The van der Waals surface area contributed by atoms with Gasteiger partial charge in [0.2, 0.25) is 0 Å². The SMILES string of the molecule is Cc1nc(-c2ccccc2)sc1C(=O)NC1(CC(=O)O)CCCC1. The molecule has 126 valence electrons. The predicted molar refractivity (Wildman–Crippen MR) is 93.2 cm³/mol. The zero-order valence-corrected chi connectivity index (χ0v) is 14.4. The summed E-state index contributed by atoms with van der Waals surface area (Å²) < 4.78 is 0. The van der Waals surface area contributed by atoms with Gasteiger partial charge in [0.25, 0.3) is 5.91 Å². The second kappa shape index (κ2) is 6.73. The first kappa shape index (κ1) is 16.6. The molecule has 1 aromatic heterocycles. The number of nitrogens with zero attached hydrogens (tertiary/aromatic N) is 1. The number of carbonyl (C=O) groups is 2. The van der Waals surface area contributed by atoms with Crippen molar-refractivity contribution in [2.24, 2.45) is 0 Å². The van der Waals surface area contributed by atoms with Gasteiger partial charge in [-0.15, -0.1) is 11.3 Å². The summed E-state index contributed by atoms with van der Waals surface area (Å²) in [4.78, 5) is 29.0. The molecule has 0 spiro atoms. The van der Waals surface area contributed by atoms with E-state index in [1.807, 2.05) is 37.3 Å². The molecule has 1 fully saturated rings. The zero-order valence-electron chi connectivity index (χ0n) is 13.5. The summed E-state index contributed by atoms with van der Waals surface area (Å²) in [5, 5.41) is 13.0. The third kappa shape index (κ3) is 3.48. The molecular formula is C18H20N2O3S. The second-order valence-electron chi connectivity index (χ2n) is 6.31. The third-order valence-electron chi connectivity index (χ3n) is 4.45. The molecule has 3 rings (SSSR count). The summed E-state index contributed by atoms with van der Waals surface area (Å²) >= 11 is 1.35. The predicted octanol–water partition coefficient (Wildman–Crippen LogP) is 3.64. The Hall–Kier alpha value is -2.21. The highest BCUT2D eigenvalue weighted by atomic mass is 32.1. The lowest BCUT2D eigenvalue weighted by Crippen LogP contribution is -2.47. The fourth-order valence-electron chi connectivity index (χ4n) is 3.30. The Morgan fingerprint density at radius 3 is 2.54 bits per heavy atom. The Morgan fingerprint density at radius 1 is 1.25 bits per heavy atom. The van der Waals surface area contributed by atoms with Gasteiger partial charge in [-0.1, -0.05) is 43.2 Å². The maximum Gasteiger partial charge on any atom is 0.305 e.